The standard InChI is InChI=1S/C14H11ClN2O2/c15-13-7-6-11(8-12(13)14(18)19)17-16-9-10-4-2-1-3-5-10/h1-9,17H,(H,18,19)/b16-9+. The SMILES string of the molecule is O=C(O)c1cc(N/N=C/c2ccccc2)ccc1Cl. The van der Waals surface area contributed by atoms with Gasteiger partial charge in [0.05, 0.1) is 22.5 Å². The fourth-order valence-corrected chi connectivity index (χ4v) is 1.68. The molecule has 2 aromatic rings. The molecule has 0 fully saturated rings. The largest absolute Gasteiger partial charge is 0.478 e. The van der Waals surface area contributed by atoms with Crippen LogP contribution < -0.4 is 5.43 Å². The van der Waals surface area contributed by atoms with Crippen LogP contribution in [0.15, 0.2) is 53.6 Å². The van der Waals surface area contributed by atoms with Crippen molar-refractivity contribution in [2.24, 2.45) is 5.10 Å². The summed E-state index contributed by atoms with van der Waals surface area (Å²) in [5.74, 6) is -1.07. The second-order valence-corrected chi connectivity index (χ2v) is 4.19. The number of halogens is 1. The molecule has 0 bridgehead atoms. The van der Waals surface area contributed by atoms with Crippen molar-refractivity contribution in [3.05, 3.63) is 64.7 Å². The summed E-state index contributed by atoms with van der Waals surface area (Å²) in [6, 6.07) is 14.2. The van der Waals surface area contributed by atoms with E-state index in [1.165, 1.54) is 12.1 Å². The minimum atomic E-state index is -1.07. The van der Waals surface area contributed by atoms with Gasteiger partial charge in [-0.15, -0.1) is 0 Å². The van der Waals surface area contributed by atoms with E-state index in [1.807, 2.05) is 30.3 Å². The summed E-state index contributed by atoms with van der Waals surface area (Å²) in [4.78, 5) is 10.9. The highest BCUT2D eigenvalue weighted by Crippen LogP contribution is 2.20. The topological polar surface area (TPSA) is 61.7 Å². The number of rotatable bonds is 4. The average Bonchev–Trinajstić information content (AvgIpc) is 2.41. The lowest BCUT2D eigenvalue weighted by molar-refractivity contribution is 0.0697. The lowest BCUT2D eigenvalue weighted by atomic mass is 10.2. The number of carboxylic acid groups (broad SMARTS) is 1. The van der Waals surface area contributed by atoms with E-state index in [1.54, 1.807) is 12.3 Å². The number of carboxylic acids is 1. The van der Waals surface area contributed by atoms with Crippen LogP contribution in [0, 0.1) is 0 Å². The van der Waals surface area contributed by atoms with Crippen LogP contribution in [0.1, 0.15) is 15.9 Å². The van der Waals surface area contributed by atoms with Crippen molar-refractivity contribution in [2.45, 2.75) is 0 Å². The summed E-state index contributed by atoms with van der Waals surface area (Å²) in [7, 11) is 0. The fourth-order valence-electron chi connectivity index (χ4n) is 1.48. The Morgan fingerprint density at radius 1 is 1.21 bits per heavy atom. The molecule has 0 saturated carbocycles. The predicted octanol–water partition coefficient (Wildman–Crippen LogP) is 3.48. The van der Waals surface area contributed by atoms with Crippen LogP contribution in [-0.2, 0) is 0 Å². The highest BCUT2D eigenvalue weighted by Gasteiger charge is 2.08. The number of nitrogens with zero attached hydrogens (tertiary/aromatic N) is 1. The van der Waals surface area contributed by atoms with Crippen LogP contribution in [0.2, 0.25) is 5.02 Å². The molecule has 0 aliphatic heterocycles. The van der Waals surface area contributed by atoms with Crippen molar-refractivity contribution in [2.75, 3.05) is 5.43 Å². The monoisotopic (exact) mass is 274 g/mol. The van der Waals surface area contributed by atoms with Gasteiger partial charge in [0.2, 0.25) is 0 Å². The predicted molar refractivity (Wildman–Crippen MR) is 76.1 cm³/mol. The molecule has 0 aromatic heterocycles. The molecular weight excluding hydrogens is 264 g/mol. The molecule has 0 spiro atoms. The molecule has 2 rings (SSSR count). The molecule has 0 saturated heterocycles. The van der Waals surface area contributed by atoms with Crippen LogP contribution >= 0.6 is 11.6 Å². The van der Waals surface area contributed by atoms with Gasteiger partial charge in [-0.2, -0.15) is 5.10 Å². The number of anilines is 1. The fraction of sp³-hybridized carbons (Fsp3) is 0. The molecular formula is C14H11ClN2O2. The van der Waals surface area contributed by atoms with Gasteiger partial charge < -0.3 is 5.11 Å². The second kappa shape index (κ2) is 6.02. The minimum Gasteiger partial charge on any atom is -0.478 e. The first-order chi connectivity index (χ1) is 9.16. The molecule has 5 heteroatoms. The van der Waals surface area contributed by atoms with Gasteiger partial charge in [-0.3, -0.25) is 5.43 Å². The van der Waals surface area contributed by atoms with E-state index >= 15 is 0 Å². The van der Waals surface area contributed by atoms with Crippen molar-refractivity contribution < 1.29 is 9.90 Å². The van der Waals surface area contributed by atoms with Crippen LogP contribution in [0.5, 0.6) is 0 Å². The van der Waals surface area contributed by atoms with Gasteiger partial charge in [-0.25, -0.2) is 4.79 Å². The third-order valence-corrected chi connectivity index (χ3v) is 2.73. The van der Waals surface area contributed by atoms with Gasteiger partial charge in [0.1, 0.15) is 0 Å². The van der Waals surface area contributed by atoms with E-state index in [-0.39, 0.29) is 10.6 Å². The first-order valence-electron chi connectivity index (χ1n) is 5.54. The van der Waals surface area contributed by atoms with Gasteiger partial charge in [-0.05, 0) is 23.8 Å². The number of aromatic carboxylic acids is 1. The van der Waals surface area contributed by atoms with Gasteiger partial charge in [-0.1, -0.05) is 41.9 Å². The number of hydrazone groups is 1. The average molecular weight is 275 g/mol. The van der Waals surface area contributed by atoms with E-state index in [0.29, 0.717) is 5.69 Å². The Morgan fingerprint density at radius 2 is 1.95 bits per heavy atom. The third kappa shape index (κ3) is 3.56. The Balaban J connectivity index is 2.10. The molecule has 0 aliphatic carbocycles. The van der Waals surface area contributed by atoms with Crippen LogP contribution in [0.4, 0.5) is 5.69 Å². The highest BCUT2D eigenvalue weighted by atomic mass is 35.5. The van der Waals surface area contributed by atoms with Gasteiger partial charge in [0.15, 0.2) is 0 Å². The number of carbonyl (C=O) groups is 1. The highest BCUT2D eigenvalue weighted by molar-refractivity contribution is 6.33. The first kappa shape index (κ1) is 13.1. The molecule has 0 heterocycles. The van der Waals surface area contributed by atoms with E-state index in [4.69, 9.17) is 16.7 Å². The zero-order chi connectivity index (χ0) is 13.7. The summed E-state index contributed by atoms with van der Waals surface area (Å²) in [6.07, 6.45) is 1.65. The normalized spacial score (nSPS) is 10.6. The smallest absolute Gasteiger partial charge is 0.337 e. The zero-order valence-electron chi connectivity index (χ0n) is 9.88. The number of hydrogen-bond donors (Lipinski definition) is 2. The molecule has 0 atom stereocenters. The molecule has 0 unspecified atom stereocenters. The third-order valence-electron chi connectivity index (χ3n) is 2.40. The quantitative estimate of drug-likeness (QED) is 0.663. The zero-order valence-corrected chi connectivity index (χ0v) is 10.6. The van der Waals surface area contributed by atoms with Crippen molar-refractivity contribution >= 4 is 29.5 Å². The van der Waals surface area contributed by atoms with E-state index in [2.05, 4.69) is 10.5 Å². The van der Waals surface area contributed by atoms with E-state index < -0.39 is 5.97 Å². The van der Waals surface area contributed by atoms with Crippen LogP contribution in [-0.4, -0.2) is 17.3 Å². The van der Waals surface area contributed by atoms with Crippen molar-refractivity contribution in [1.29, 1.82) is 0 Å². The number of nitrogens with one attached hydrogen (secondary N) is 1. The van der Waals surface area contributed by atoms with Crippen molar-refractivity contribution in [3.63, 3.8) is 0 Å². The van der Waals surface area contributed by atoms with E-state index in [0.717, 1.165) is 5.56 Å². The molecule has 2 aromatic carbocycles. The minimum absolute atomic E-state index is 0.0431. The first-order valence-corrected chi connectivity index (χ1v) is 5.91. The molecule has 2 N–H and O–H groups in total. The lowest BCUT2D eigenvalue weighted by Gasteiger charge is -2.03. The summed E-state index contributed by atoms with van der Waals surface area (Å²) >= 11 is 5.77. The maximum absolute atomic E-state index is 10.9. The van der Waals surface area contributed by atoms with Gasteiger partial charge in [0.25, 0.3) is 0 Å². The molecule has 19 heavy (non-hydrogen) atoms. The van der Waals surface area contributed by atoms with Crippen molar-refractivity contribution in [1.82, 2.24) is 0 Å². The molecule has 0 amide bonds. The number of benzene rings is 2. The summed E-state index contributed by atoms with van der Waals surface area (Å²) < 4.78 is 0. The van der Waals surface area contributed by atoms with Gasteiger partial charge in [0, 0.05) is 0 Å². The maximum Gasteiger partial charge on any atom is 0.337 e. The Morgan fingerprint density at radius 3 is 2.63 bits per heavy atom. The Hall–Kier alpha value is -2.33. The summed E-state index contributed by atoms with van der Waals surface area (Å²) in [5.41, 5.74) is 4.32. The molecule has 0 radical (unpaired) electrons. The molecule has 4 nitrogen and oxygen atoms in total. The van der Waals surface area contributed by atoms with Gasteiger partial charge >= 0.3 is 5.97 Å². The maximum atomic E-state index is 10.9. The lowest BCUT2D eigenvalue weighted by Crippen LogP contribution is -1.99. The molecule has 96 valence electrons. The number of hydrogen-bond acceptors (Lipinski definition) is 3. The van der Waals surface area contributed by atoms with Crippen LogP contribution in [0.3, 0.4) is 0 Å². The Labute approximate surface area is 115 Å². The molecule has 0 aliphatic rings. The van der Waals surface area contributed by atoms with E-state index in [9.17, 15) is 4.79 Å². The van der Waals surface area contributed by atoms with Crippen LogP contribution in [0.25, 0.3) is 0 Å². The Bertz CT molecular complexity index is 612. The summed E-state index contributed by atoms with van der Waals surface area (Å²) in [6.45, 7) is 0. The Kier molecular flexibility index (Phi) is 4.15. The second-order valence-electron chi connectivity index (χ2n) is 3.78. The van der Waals surface area contributed by atoms with Crippen molar-refractivity contribution in [3.8, 4) is 0 Å². The summed E-state index contributed by atoms with van der Waals surface area (Å²) in [5, 5.41) is 13.2.